The molecule has 2 rings (SSSR count). The molecule has 2 aromatic rings. The van der Waals surface area contributed by atoms with Crippen LogP contribution in [-0.4, -0.2) is 28.5 Å². The number of nitrogens with one attached hydrogen (secondary N) is 3. The van der Waals surface area contributed by atoms with E-state index in [1.165, 1.54) is 0 Å². The largest absolute Gasteiger partial charge is 0.491 e. The number of benzene rings is 1. The summed E-state index contributed by atoms with van der Waals surface area (Å²) < 4.78 is 5.62. The molecule has 5 N–H and O–H groups in total. The van der Waals surface area contributed by atoms with Gasteiger partial charge in [0.2, 0.25) is 0 Å². The standard InChI is InChI=1S/C15H17ClN4O4/c1-7-5-9(16)3-4-10(7)24-6-8(2)18-14(22)12-11(17)13(21)20-15(23)19-12/h3-5,8H,6,17H2,1-2H3,(H,18,22)(H2,19,20,21,23). The van der Waals surface area contributed by atoms with Gasteiger partial charge in [0.05, 0.1) is 6.04 Å². The van der Waals surface area contributed by atoms with Crippen molar-refractivity contribution >= 4 is 23.2 Å². The lowest BCUT2D eigenvalue weighted by Gasteiger charge is -2.16. The van der Waals surface area contributed by atoms with Crippen molar-refractivity contribution in [3.8, 4) is 5.75 Å². The van der Waals surface area contributed by atoms with Crippen LogP contribution in [0.15, 0.2) is 27.8 Å². The maximum atomic E-state index is 12.1. The minimum Gasteiger partial charge on any atom is -0.491 e. The average molecular weight is 353 g/mol. The lowest BCUT2D eigenvalue weighted by Crippen LogP contribution is -2.40. The second-order valence-corrected chi connectivity index (χ2v) is 5.73. The zero-order chi connectivity index (χ0) is 17.9. The third-order valence-corrected chi connectivity index (χ3v) is 3.45. The number of carbonyl (C=O) groups is 1. The zero-order valence-corrected chi connectivity index (χ0v) is 13.9. The Morgan fingerprint density at radius 3 is 2.75 bits per heavy atom. The molecule has 1 amide bonds. The maximum Gasteiger partial charge on any atom is 0.326 e. The molecule has 9 heteroatoms. The molecule has 0 aliphatic carbocycles. The van der Waals surface area contributed by atoms with Gasteiger partial charge in [-0.3, -0.25) is 14.6 Å². The molecule has 1 heterocycles. The Morgan fingerprint density at radius 2 is 2.08 bits per heavy atom. The molecule has 0 saturated heterocycles. The SMILES string of the molecule is Cc1cc(Cl)ccc1OCC(C)NC(=O)c1[nH]c(=O)[nH]c(=O)c1N. The van der Waals surface area contributed by atoms with Crippen LogP contribution in [0.1, 0.15) is 23.0 Å². The van der Waals surface area contributed by atoms with Crippen molar-refractivity contribution in [2.24, 2.45) is 0 Å². The number of carbonyl (C=O) groups excluding carboxylic acids is 1. The van der Waals surface area contributed by atoms with E-state index in [-0.39, 0.29) is 18.0 Å². The Balaban J connectivity index is 2.02. The van der Waals surface area contributed by atoms with Crippen molar-refractivity contribution < 1.29 is 9.53 Å². The summed E-state index contributed by atoms with van der Waals surface area (Å²) in [5.74, 6) is -0.0239. The van der Waals surface area contributed by atoms with Gasteiger partial charge in [0.15, 0.2) is 0 Å². The molecular formula is C15H17ClN4O4. The molecule has 8 nitrogen and oxygen atoms in total. The molecule has 128 valence electrons. The Labute approximate surface area is 142 Å². The number of nitrogen functional groups attached to an aromatic ring is 1. The first kappa shape index (κ1) is 17.6. The van der Waals surface area contributed by atoms with Gasteiger partial charge in [0.1, 0.15) is 23.7 Å². The van der Waals surface area contributed by atoms with E-state index < -0.39 is 23.2 Å². The van der Waals surface area contributed by atoms with Gasteiger partial charge in [-0.1, -0.05) is 11.6 Å². The molecule has 1 atom stereocenters. The highest BCUT2D eigenvalue weighted by Gasteiger charge is 2.16. The van der Waals surface area contributed by atoms with Crippen molar-refractivity contribution in [3.05, 3.63) is 55.3 Å². The van der Waals surface area contributed by atoms with Crippen molar-refractivity contribution in [2.75, 3.05) is 12.3 Å². The van der Waals surface area contributed by atoms with E-state index in [2.05, 4.69) is 10.3 Å². The Kier molecular flexibility index (Phi) is 5.30. The maximum absolute atomic E-state index is 12.1. The number of halogens is 1. The first-order valence-corrected chi connectivity index (χ1v) is 7.47. The van der Waals surface area contributed by atoms with Crippen LogP contribution in [0.5, 0.6) is 5.75 Å². The number of aromatic nitrogens is 2. The fourth-order valence-corrected chi connectivity index (χ4v) is 2.23. The molecule has 1 unspecified atom stereocenters. The van der Waals surface area contributed by atoms with Crippen LogP contribution in [0.2, 0.25) is 5.02 Å². The lowest BCUT2D eigenvalue weighted by atomic mass is 10.2. The molecule has 0 aliphatic heterocycles. The van der Waals surface area contributed by atoms with Gasteiger partial charge in [0, 0.05) is 5.02 Å². The summed E-state index contributed by atoms with van der Waals surface area (Å²) in [6, 6.07) is 4.81. The fraction of sp³-hybridized carbons (Fsp3) is 0.267. The van der Waals surface area contributed by atoms with Crippen LogP contribution in [0.4, 0.5) is 5.69 Å². The Bertz CT molecular complexity index is 875. The molecule has 0 spiro atoms. The average Bonchev–Trinajstić information content (AvgIpc) is 2.49. The second kappa shape index (κ2) is 7.22. The predicted octanol–water partition coefficient (Wildman–Crippen LogP) is 0.805. The predicted molar refractivity (Wildman–Crippen MR) is 90.7 cm³/mol. The third-order valence-electron chi connectivity index (χ3n) is 3.21. The van der Waals surface area contributed by atoms with E-state index in [9.17, 15) is 14.4 Å². The van der Waals surface area contributed by atoms with Gasteiger partial charge >= 0.3 is 5.69 Å². The summed E-state index contributed by atoms with van der Waals surface area (Å²) in [6.45, 7) is 3.75. The topological polar surface area (TPSA) is 130 Å². The van der Waals surface area contributed by atoms with E-state index in [4.69, 9.17) is 22.1 Å². The molecule has 0 saturated carbocycles. The molecule has 0 fully saturated rings. The number of nitrogens with two attached hydrogens (primary N) is 1. The molecule has 0 bridgehead atoms. The van der Waals surface area contributed by atoms with Crippen molar-refractivity contribution in [1.82, 2.24) is 15.3 Å². The quantitative estimate of drug-likeness (QED) is 0.632. The fourth-order valence-electron chi connectivity index (χ4n) is 2.00. The molecule has 1 aromatic heterocycles. The highest BCUT2D eigenvalue weighted by Crippen LogP contribution is 2.21. The van der Waals surface area contributed by atoms with Gasteiger partial charge in [-0.15, -0.1) is 0 Å². The van der Waals surface area contributed by atoms with Crippen molar-refractivity contribution in [1.29, 1.82) is 0 Å². The van der Waals surface area contributed by atoms with Crippen molar-refractivity contribution in [2.45, 2.75) is 19.9 Å². The molecule has 0 aliphatic rings. The number of amides is 1. The summed E-state index contributed by atoms with van der Waals surface area (Å²) in [6.07, 6.45) is 0. The zero-order valence-electron chi connectivity index (χ0n) is 13.1. The Hall–Kier alpha value is -2.74. The van der Waals surface area contributed by atoms with Crippen LogP contribution in [0, 0.1) is 6.92 Å². The number of ether oxygens (including phenoxy) is 1. The summed E-state index contributed by atoms with van der Waals surface area (Å²) in [4.78, 5) is 38.9. The molecule has 0 radical (unpaired) electrons. The first-order valence-electron chi connectivity index (χ1n) is 7.10. The second-order valence-electron chi connectivity index (χ2n) is 5.29. The summed E-state index contributed by atoms with van der Waals surface area (Å²) in [5, 5.41) is 3.21. The van der Waals surface area contributed by atoms with Gasteiger partial charge in [-0.25, -0.2) is 4.79 Å². The number of hydrogen-bond acceptors (Lipinski definition) is 5. The highest BCUT2D eigenvalue weighted by molar-refractivity contribution is 6.30. The monoisotopic (exact) mass is 352 g/mol. The molecule has 24 heavy (non-hydrogen) atoms. The number of rotatable bonds is 5. The number of H-pyrrole nitrogens is 2. The third kappa shape index (κ3) is 4.17. The summed E-state index contributed by atoms with van der Waals surface area (Å²) in [7, 11) is 0. The van der Waals surface area contributed by atoms with E-state index >= 15 is 0 Å². The van der Waals surface area contributed by atoms with Crippen LogP contribution in [-0.2, 0) is 0 Å². The summed E-state index contributed by atoms with van der Waals surface area (Å²) >= 11 is 5.88. The van der Waals surface area contributed by atoms with Crippen LogP contribution >= 0.6 is 11.6 Å². The van der Waals surface area contributed by atoms with Crippen molar-refractivity contribution in [3.63, 3.8) is 0 Å². The first-order chi connectivity index (χ1) is 11.3. The minimum atomic E-state index is -0.815. The van der Waals surface area contributed by atoms with E-state index in [0.29, 0.717) is 10.8 Å². The van der Waals surface area contributed by atoms with Crippen LogP contribution in [0.25, 0.3) is 0 Å². The van der Waals surface area contributed by atoms with Gasteiger partial charge < -0.3 is 20.8 Å². The highest BCUT2D eigenvalue weighted by atomic mass is 35.5. The van der Waals surface area contributed by atoms with Gasteiger partial charge in [0.25, 0.3) is 11.5 Å². The van der Waals surface area contributed by atoms with Gasteiger partial charge in [-0.2, -0.15) is 0 Å². The van der Waals surface area contributed by atoms with Crippen LogP contribution in [0.3, 0.4) is 0 Å². The normalized spacial score (nSPS) is 11.8. The van der Waals surface area contributed by atoms with E-state index in [1.54, 1.807) is 25.1 Å². The minimum absolute atomic E-state index is 0.182. The number of aryl methyl sites for hydroxylation is 1. The van der Waals surface area contributed by atoms with Gasteiger partial charge in [-0.05, 0) is 37.6 Å². The number of anilines is 1. The number of aromatic amines is 2. The lowest BCUT2D eigenvalue weighted by molar-refractivity contribution is 0.0922. The van der Waals surface area contributed by atoms with Crippen LogP contribution < -0.4 is 27.0 Å². The van der Waals surface area contributed by atoms with E-state index in [1.807, 2.05) is 11.9 Å². The smallest absolute Gasteiger partial charge is 0.326 e. The number of hydrogen-bond donors (Lipinski definition) is 4. The van der Waals surface area contributed by atoms with E-state index in [0.717, 1.165) is 5.56 Å². The molecule has 1 aromatic carbocycles. The molecular weight excluding hydrogens is 336 g/mol. The Morgan fingerprint density at radius 1 is 1.38 bits per heavy atom. The summed E-state index contributed by atoms with van der Waals surface area (Å²) in [5.41, 5.74) is 4.12.